The predicted octanol–water partition coefficient (Wildman–Crippen LogP) is 2.29. The Morgan fingerprint density at radius 3 is 2.42 bits per heavy atom. The van der Waals surface area contributed by atoms with E-state index in [9.17, 15) is 9.59 Å². The molecule has 0 spiro atoms. The molecule has 0 radical (unpaired) electrons. The highest BCUT2D eigenvalue weighted by Gasteiger charge is 2.34. The van der Waals surface area contributed by atoms with Crippen molar-refractivity contribution in [2.75, 3.05) is 53.1 Å². The zero-order valence-corrected chi connectivity index (χ0v) is 20.4. The smallest absolute Gasteiger partial charge is 0.261 e. The Kier molecular flexibility index (Phi) is 11.2. The average molecular weight is 544 g/mol. The molecule has 9 heteroatoms. The van der Waals surface area contributed by atoms with Gasteiger partial charge in [0, 0.05) is 45.8 Å². The lowest BCUT2D eigenvalue weighted by molar-refractivity contribution is 0.0651. The van der Waals surface area contributed by atoms with Gasteiger partial charge in [0.1, 0.15) is 0 Å². The van der Waals surface area contributed by atoms with Gasteiger partial charge in [0.05, 0.1) is 24.3 Å². The van der Waals surface area contributed by atoms with Crippen LogP contribution in [-0.4, -0.2) is 75.8 Å². The molecule has 2 aliphatic rings. The van der Waals surface area contributed by atoms with Crippen molar-refractivity contribution < 1.29 is 19.1 Å². The first-order chi connectivity index (χ1) is 14.7. The molecule has 3 rings (SSSR count). The Labute approximate surface area is 201 Å². The zero-order valence-electron chi connectivity index (χ0n) is 18.1. The van der Waals surface area contributed by atoms with Gasteiger partial charge in [-0.05, 0) is 37.8 Å². The number of carbonyl (C=O) groups excluding carboxylic acids is 2. The van der Waals surface area contributed by atoms with Crippen LogP contribution in [0.2, 0.25) is 0 Å². The second-order valence-corrected chi connectivity index (χ2v) is 7.60. The highest BCUT2D eigenvalue weighted by atomic mass is 127. The van der Waals surface area contributed by atoms with Crippen molar-refractivity contribution in [3.8, 4) is 0 Å². The molecule has 1 saturated heterocycles. The number of rotatable bonds is 11. The van der Waals surface area contributed by atoms with Crippen LogP contribution in [0, 0.1) is 5.92 Å². The minimum Gasteiger partial charge on any atom is -0.381 e. The number of nitrogens with zero attached hydrogens (tertiary/aromatic N) is 2. The number of ether oxygens (including phenoxy) is 2. The number of nitrogens with one attached hydrogen (secondary N) is 2. The van der Waals surface area contributed by atoms with Crippen molar-refractivity contribution in [3.05, 3.63) is 35.4 Å². The van der Waals surface area contributed by atoms with Crippen LogP contribution in [0.1, 0.15) is 46.4 Å². The van der Waals surface area contributed by atoms with Gasteiger partial charge in [-0.2, -0.15) is 0 Å². The van der Waals surface area contributed by atoms with E-state index in [0.29, 0.717) is 23.6 Å². The van der Waals surface area contributed by atoms with Crippen molar-refractivity contribution in [2.45, 2.75) is 25.7 Å². The summed E-state index contributed by atoms with van der Waals surface area (Å²) in [6, 6.07) is 6.99. The van der Waals surface area contributed by atoms with E-state index in [-0.39, 0.29) is 35.8 Å². The molecule has 2 heterocycles. The Balaban J connectivity index is 0.00000341. The number of fused-ring (bicyclic) bond motifs is 1. The lowest BCUT2D eigenvalue weighted by Crippen LogP contribution is -2.38. The molecular weight excluding hydrogens is 511 g/mol. The summed E-state index contributed by atoms with van der Waals surface area (Å²) in [5.41, 5.74) is 1.01. The maximum atomic E-state index is 12.3. The van der Waals surface area contributed by atoms with Crippen LogP contribution in [0.15, 0.2) is 29.3 Å². The summed E-state index contributed by atoms with van der Waals surface area (Å²) in [5.74, 6) is 0.917. The Morgan fingerprint density at radius 2 is 1.81 bits per heavy atom. The van der Waals surface area contributed by atoms with E-state index in [1.165, 1.54) is 4.90 Å². The number of guanidine groups is 1. The third kappa shape index (κ3) is 7.43. The third-order valence-electron chi connectivity index (χ3n) is 5.34. The molecule has 0 bridgehead atoms. The Morgan fingerprint density at radius 1 is 1.13 bits per heavy atom. The van der Waals surface area contributed by atoms with Crippen LogP contribution < -0.4 is 10.6 Å². The molecule has 172 valence electrons. The minimum absolute atomic E-state index is 0. The maximum Gasteiger partial charge on any atom is 0.261 e. The summed E-state index contributed by atoms with van der Waals surface area (Å²) in [4.78, 5) is 30.2. The van der Waals surface area contributed by atoms with Gasteiger partial charge in [0.2, 0.25) is 0 Å². The number of aliphatic imine (C=N–C) groups is 1. The summed E-state index contributed by atoms with van der Waals surface area (Å²) in [6.07, 6.45) is 3.59. The van der Waals surface area contributed by atoms with Gasteiger partial charge < -0.3 is 20.1 Å². The monoisotopic (exact) mass is 544 g/mol. The van der Waals surface area contributed by atoms with Crippen LogP contribution in [0.5, 0.6) is 0 Å². The number of carbonyl (C=O) groups is 2. The first-order valence-electron chi connectivity index (χ1n) is 10.8. The van der Waals surface area contributed by atoms with Crippen LogP contribution in [0.3, 0.4) is 0 Å². The summed E-state index contributed by atoms with van der Waals surface area (Å²) in [5, 5.41) is 6.53. The van der Waals surface area contributed by atoms with Gasteiger partial charge in [-0.15, -0.1) is 24.0 Å². The standard InChI is InChI=1S/C22H32N4O4.HI/c1-23-22(25-11-6-13-29-15-17-9-14-30-16-17)24-10-4-5-12-26-20(27)18-7-2-3-8-19(18)21(26)28;/h2-3,7-8,17H,4-6,9-16H2,1H3,(H2,23,24,25);1H. The molecule has 8 nitrogen and oxygen atoms in total. The first kappa shape index (κ1) is 25.5. The number of hydrogen-bond donors (Lipinski definition) is 2. The summed E-state index contributed by atoms with van der Waals surface area (Å²) >= 11 is 0. The maximum absolute atomic E-state index is 12.3. The first-order valence-corrected chi connectivity index (χ1v) is 10.8. The topological polar surface area (TPSA) is 92.3 Å². The van der Waals surface area contributed by atoms with Gasteiger partial charge in [-0.3, -0.25) is 19.5 Å². The number of amides is 2. The molecule has 0 saturated carbocycles. The molecule has 2 amide bonds. The fourth-order valence-corrected chi connectivity index (χ4v) is 3.61. The Bertz CT molecular complexity index is 718. The van der Waals surface area contributed by atoms with E-state index in [2.05, 4.69) is 15.6 Å². The summed E-state index contributed by atoms with van der Waals surface area (Å²) in [7, 11) is 1.74. The lowest BCUT2D eigenvalue weighted by atomic mass is 10.1. The highest BCUT2D eigenvalue weighted by molar-refractivity contribution is 14.0. The molecule has 1 aromatic carbocycles. The second-order valence-electron chi connectivity index (χ2n) is 7.60. The van der Waals surface area contributed by atoms with E-state index >= 15 is 0 Å². The minimum atomic E-state index is -0.191. The molecule has 1 unspecified atom stereocenters. The zero-order chi connectivity index (χ0) is 21.2. The van der Waals surface area contributed by atoms with E-state index < -0.39 is 0 Å². The van der Waals surface area contributed by atoms with Gasteiger partial charge in [0.25, 0.3) is 11.8 Å². The third-order valence-corrected chi connectivity index (χ3v) is 5.34. The van der Waals surface area contributed by atoms with E-state index in [0.717, 1.165) is 71.2 Å². The van der Waals surface area contributed by atoms with Crippen molar-refractivity contribution in [2.24, 2.45) is 10.9 Å². The quantitative estimate of drug-likeness (QED) is 0.146. The lowest BCUT2D eigenvalue weighted by Gasteiger charge is -2.15. The van der Waals surface area contributed by atoms with Gasteiger partial charge in [-0.1, -0.05) is 12.1 Å². The van der Waals surface area contributed by atoms with Crippen molar-refractivity contribution in [1.29, 1.82) is 0 Å². The van der Waals surface area contributed by atoms with Crippen molar-refractivity contribution in [3.63, 3.8) is 0 Å². The molecular formula is C22H33IN4O4. The van der Waals surface area contributed by atoms with Gasteiger partial charge in [-0.25, -0.2) is 0 Å². The summed E-state index contributed by atoms with van der Waals surface area (Å²) < 4.78 is 11.0. The highest BCUT2D eigenvalue weighted by Crippen LogP contribution is 2.22. The molecule has 1 atom stereocenters. The molecule has 2 N–H and O–H groups in total. The average Bonchev–Trinajstić information content (AvgIpc) is 3.37. The molecule has 0 aliphatic carbocycles. The SMILES string of the molecule is CN=C(NCCCCN1C(=O)c2ccccc2C1=O)NCCCOCC1CCOC1.I. The molecule has 1 fully saturated rings. The van der Waals surface area contributed by atoms with E-state index in [4.69, 9.17) is 9.47 Å². The molecule has 31 heavy (non-hydrogen) atoms. The van der Waals surface area contributed by atoms with Crippen LogP contribution in [-0.2, 0) is 9.47 Å². The normalized spacial score (nSPS) is 18.2. The number of benzene rings is 1. The fourth-order valence-electron chi connectivity index (χ4n) is 3.61. The number of imide groups is 1. The van der Waals surface area contributed by atoms with Crippen molar-refractivity contribution in [1.82, 2.24) is 15.5 Å². The summed E-state index contributed by atoms with van der Waals surface area (Å²) in [6.45, 7) is 5.12. The van der Waals surface area contributed by atoms with Gasteiger partial charge >= 0.3 is 0 Å². The largest absolute Gasteiger partial charge is 0.381 e. The van der Waals surface area contributed by atoms with E-state index in [1.807, 2.05) is 0 Å². The number of unbranched alkanes of at least 4 members (excludes halogenated alkanes) is 1. The predicted molar refractivity (Wildman–Crippen MR) is 130 cm³/mol. The van der Waals surface area contributed by atoms with Crippen molar-refractivity contribution >= 4 is 41.8 Å². The van der Waals surface area contributed by atoms with Gasteiger partial charge in [0.15, 0.2) is 5.96 Å². The second kappa shape index (κ2) is 13.6. The number of hydrogen-bond acceptors (Lipinski definition) is 5. The Hall–Kier alpha value is -1.72. The van der Waals surface area contributed by atoms with Crippen LogP contribution in [0.25, 0.3) is 0 Å². The molecule has 0 aromatic heterocycles. The van der Waals surface area contributed by atoms with Crippen LogP contribution in [0.4, 0.5) is 0 Å². The van der Waals surface area contributed by atoms with E-state index in [1.54, 1.807) is 31.3 Å². The van der Waals surface area contributed by atoms with Crippen LogP contribution >= 0.6 is 24.0 Å². The molecule has 2 aliphatic heterocycles. The molecule has 1 aromatic rings. The number of halogens is 1. The fraction of sp³-hybridized carbons (Fsp3) is 0.591.